The van der Waals surface area contributed by atoms with Crippen LogP contribution in [0, 0.1) is 11.1 Å². The van der Waals surface area contributed by atoms with Gasteiger partial charge in [0.05, 0.1) is 5.69 Å². The van der Waals surface area contributed by atoms with Crippen molar-refractivity contribution in [3.63, 3.8) is 0 Å². The lowest BCUT2D eigenvalue weighted by Crippen LogP contribution is -2.46. The molecule has 0 aliphatic rings. The Bertz CT molecular complexity index is 729. The van der Waals surface area contributed by atoms with Crippen LogP contribution < -0.4 is 10.5 Å². The molecule has 0 saturated heterocycles. The van der Waals surface area contributed by atoms with Crippen LogP contribution in [0.3, 0.4) is 0 Å². The molecule has 3 atom stereocenters. The minimum absolute atomic E-state index is 0.121. The first kappa shape index (κ1) is 24.2. The molecule has 0 spiro atoms. The summed E-state index contributed by atoms with van der Waals surface area (Å²) in [7, 11) is 0. The zero-order valence-electron chi connectivity index (χ0n) is 17.0. The molecular formula is C19H27N2O8-. The normalized spacial score (nSPS) is 14.3. The standard InChI is InChI=1S/C19H27N2O8/c1-6-11(2)14(16(22)23)20-18(25)28-15(17(24)29-19(3,4)5)12-9-7-8-10-13(12)21(26)27/h7-11,14-15,26H,6H2,1-5H3,(H,20,25)(H,22,23)/q-1/t11-,14-,15?/m0/s1. The topological polar surface area (TPSA) is 148 Å². The summed E-state index contributed by atoms with van der Waals surface area (Å²) in [5.41, 5.74) is -1.38. The van der Waals surface area contributed by atoms with Gasteiger partial charge in [0.2, 0.25) is 6.10 Å². The van der Waals surface area contributed by atoms with Crippen LogP contribution in [0.1, 0.15) is 52.7 Å². The molecule has 1 amide bonds. The molecule has 10 heteroatoms. The molecule has 0 fully saturated rings. The van der Waals surface area contributed by atoms with Crippen LogP contribution in [-0.4, -0.2) is 40.0 Å². The number of para-hydroxylation sites is 1. The van der Waals surface area contributed by atoms with Gasteiger partial charge in [0.1, 0.15) is 11.6 Å². The molecule has 3 N–H and O–H groups in total. The van der Waals surface area contributed by atoms with Gasteiger partial charge < -0.3 is 30.3 Å². The van der Waals surface area contributed by atoms with Crippen LogP contribution in [0.5, 0.6) is 0 Å². The number of hydrogen-bond acceptors (Lipinski definition) is 8. The zero-order valence-corrected chi connectivity index (χ0v) is 17.0. The van der Waals surface area contributed by atoms with E-state index < -0.39 is 46.9 Å². The van der Waals surface area contributed by atoms with Crippen LogP contribution in [0.15, 0.2) is 24.3 Å². The van der Waals surface area contributed by atoms with Crippen molar-refractivity contribution >= 4 is 23.7 Å². The number of carbonyl (C=O) groups excluding carboxylic acids is 2. The third kappa shape index (κ3) is 7.24. The van der Waals surface area contributed by atoms with Gasteiger partial charge in [0.25, 0.3) is 0 Å². The molecule has 0 radical (unpaired) electrons. The number of rotatable bonds is 8. The summed E-state index contributed by atoms with van der Waals surface area (Å²) in [5.74, 6) is -2.65. The summed E-state index contributed by atoms with van der Waals surface area (Å²) in [4.78, 5) is 36.4. The number of carboxylic acid groups (broad SMARTS) is 1. The average Bonchev–Trinajstić information content (AvgIpc) is 2.61. The highest BCUT2D eigenvalue weighted by Crippen LogP contribution is 2.30. The lowest BCUT2D eigenvalue weighted by molar-refractivity contribution is -0.165. The average molecular weight is 411 g/mol. The Morgan fingerprint density at radius 2 is 1.83 bits per heavy atom. The van der Waals surface area contributed by atoms with Crippen LogP contribution >= 0.6 is 0 Å². The molecule has 0 aromatic heterocycles. The van der Waals surface area contributed by atoms with Crippen molar-refractivity contribution in [3.05, 3.63) is 35.0 Å². The number of anilines is 1. The lowest BCUT2D eigenvalue weighted by atomic mass is 10.00. The molecule has 0 saturated carbocycles. The Kier molecular flexibility index (Phi) is 8.41. The largest absolute Gasteiger partial charge is 0.733 e. The SMILES string of the molecule is CC[C@H](C)[C@H](NC(=O)OC(C(=O)OC(C)(C)C)c1ccccc1N([O-])O)C(=O)O. The monoisotopic (exact) mass is 411 g/mol. The highest BCUT2D eigenvalue weighted by Gasteiger charge is 2.34. The summed E-state index contributed by atoms with van der Waals surface area (Å²) >= 11 is 0. The maximum Gasteiger partial charge on any atom is 0.409 e. The van der Waals surface area contributed by atoms with E-state index in [9.17, 15) is 29.9 Å². The van der Waals surface area contributed by atoms with E-state index in [2.05, 4.69) is 5.32 Å². The summed E-state index contributed by atoms with van der Waals surface area (Å²) in [5, 5.41) is 31.8. The number of benzene rings is 1. The van der Waals surface area contributed by atoms with Gasteiger partial charge in [0, 0.05) is 5.56 Å². The van der Waals surface area contributed by atoms with Gasteiger partial charge in [0.15, 0.2) is 0 Å². The fraction of sp³-hybridized carbons (Fsp3) is 0.526. The van der Waals surface area contributed by atoms with E-state index in [1.165, 1.54) is 24.3 Å². The minimum atomic E-state index is -1.71. The van der Waals surface area contributed by atoms with Crippen molar-refractivity contribution in [1.82, 2.24) is 5.32 Å². The summed E-state index contributed by atoms with van der Waals surface area (Å²) in [6.07, 6.45) is -2.41. The third-order valence-electron chi connectivity index (χ3n) is 4.02. The smallest absolute Gasteiger partial charge is 0.409 e. The first-order chi connectivity index (χ1) is 13.4. The van der Waals surface area contributed by atoms with Gasteiger partial charge >= 0.3 is 18.0 Å². The molecule has 0 aliphatic heterocycles. The van der Waals surface area contributed by atoms with Crippen LogP contribution in [0.25, 0.3) is 0 Å². The second-order valence-electron chi connectivity index (χ2n) is 7.50. The van der Waals surface area contributed by atoms with Gasteiger partial charge in [-0.1, -0.05) is 38.5 Å². The molecule has 1 aromatic rings. The third-order valence-corrected chi connectivity index (χ3v) is 4.02. The highest BCUT2D eigenvalue weighted by molar-refractivity contribution is 5.84. The van der Waals surface area contributed by atoms with Crippen molar-refractivity contribution in [2.45, 2.75) is 58.8 Å². The minimum Gasteiger partial charge on any atom is -0.733 e. The van der Waals surface area contributed by atoms with Crippen molar-refractivity contribution in [1.29, 1.82) is 0 Å². The van der Waals surface area contributed by atoms with Crippen LogP contribution in [0.2, 0.25) is 0 Å². The molecule has 0 bridgehead atoms. The van der Waals surface area contributed by atoms with E-state index >= 15 is 0 Å². The number of carboxylic acids is 1. The Morgan fingerprint density at radius 3 is 2.31 bits per heavy atom. The predicted molar refractivity (Wildman–Crippen MR) is 103 cm³/mol. The Hall–Kier alpha value is -2.85. The Labute approximate surface area is 168 Å². The van der Waals surface area contributed by atoms with Gasteiger partial charge in [-0.15, -0.1) is 0 Å². The van der Waals surface area contributed by atoms with E-state index in [-0.39, 0.29) is 11.3 Å². The van der Waals surface area contributed by atoms with Crippen LogP contribution in [-0.2, 0) is 19.1 Å². The van der Waals surface area contributed by atoms with Gasteiger partial charge in [-0.05, 0) is 32.8 Å². The van der Waals surface area contributed by atoms with E-state index in [1.54, 1.807) is 34.6 Å². The zero-order chi connectivity index (χ0) is 22.4. The quantitative estimate of drug-likeness (QED) is 0.433. The van der Waals surface area contributed by atoms with Gasteiger partial charge in [-0.3, -0.25) is 5.21 Å². The first-order valence-corrected chi connectivity index (χ1v) is 9.05. The van der Waals surface area contributed by atoms with E-state index in [1.807, 2.05) is 0 Å². The maximum absolute atomic E-state index is 12.6. The lowest BCUT2D eigenvalue weighted by Gasteiger charge is -2.29. The molecule has 1 unspecified atom stereocenters. The van der Waals surface area contributed by atoms with Crippen molar-refractivity contribution in [2.24, 2.45) is 5.92 Å². The molecule has 10 nitrogen and oxygen atoms in total. The van der Waals surface area contributed by atoms with Crippen molar-refractivity contribution in [2.75, 3.05) is 5.23 Å². The molecule has 162 valence electrons. The van der Waals surface area contributed by atoms with E-state index in [4.69, 9.17) is 9.47 Å². The number of amides is 1. The molecule has 1 aromatic carbocycles. The second-order valence-corrected chi connectivity index (χ2v) is 7.50. The van der Waals surface area contributed by atoms with Crippen molar-refractivity contribution < 1.29 is 34.2 Å². The van der Waals surface area contributed by atoms with E-state index in [0.717, 1.165) is 0 Å². The number of aliphatic carboxylic acids is 1. The summed E-state index contributed by atoms with van der Waals surface area (Å²) in [6.45, 7) is 8.20. The van der Waals surface area contributed by atoms with Crippen LogP contribution in [0.4, 0.5) is 10.5 Å². The van der Waals surface area contributed by atoms with E-state index in [0.29, 0.717) is 6.42 Å². The molecule has 1 rings (SSSR count). The molecule has 0 heterocycles. The number of hydrogen-bond donors (Lipinski definition) is 3. The number of nitrogens with one attached hydrogen (secondary N) is 1. The first-order valence-electron chi connectivity index (χ1n) is 9.05. The summed E-state index contributed by atoms with van der Waals surface area (Å²) in [6, 6.07) is 4.20. The molecule has 0 aliphatic carbocycles. The highest BCUT2D eigenvalue weighted by atomic mass is 16.8. The number of alkyl carbamates (subject to hydrolysis) is 1. The Balaban J connectivity index is 3.21. The Morgan fingerprint density at radius 1 is 1.24 bits per heavy atom. The molecular weight excluding hydrogens is 384 g/mol. The second kappa shape index (κ2) is 10.1. The number of ether oxygens (including phenoxy) is 2. The number of nitrogens with zero attached hydrogens (tertiary/aromatic N) is 1. The van der Waals surface area contributed by atoms with Gasteiger partial charge in [-0.25, -0.2) is 14.4 Å². The summed E-state index contributed by atoms with van der Waals surface area (Å²) < 4.78 is 10.4. The number of esters is 1. The predicted octanol–water partition coefficient (Wildman–Crippen LogP) is 2.99. The van der Waals surface area contributed by atoms with Crippen molar-refractivity contribution in [3.8, 4) is 0 Å². The number of carbonyl (C=O) groups is 3. The fourth-order valence-corrected chi connectivity index (χ4v) is 2.43. The fourth-order valence-electron chi connectivity index (χ4n) is 2.43. The maximum atomic E-state index is 12.6. The van der Waals surface area contributed by atoms with Gasteiger partial charge in [-0.2, -0.15) is 0 Å². The molecule has 29 heavy (non-hydrogen) atoms.